The molecule has 1 aliphatic heterocycles. The molecule has 1 aliphatic carbocycles. The van der Waals surface area contributed by atoms with Crippen molar-refractivity contribution in [1.29, 1.82) is 0 Å². The maximum atomic E-state index is 12.6. The van der Waals surface area contributed by atoms with Crippen LogP contribution in [0.15, 0.2) is 41.1 Å². The number of hydrogen-bond donors (Lipinski definition) is 2. The van der Waals surface area contributed by atoms with Crippen molar-refractivity contribution in [1.82, 2.24) is 9.03 Å². The second-order valence-electron chi connectivity index (χ2n) is 6.22. The molecule has 0 spiro atoms. The number of hydrogen-bond acceptors (Lipinski definition) is 5. The van der Waals surface area contributed by atoms with Crippen LogP contribution >= 0.6 is 0 Å². The Labute approximate surface area is 146 Å². The van der Waals surface area contributed by atoms with Crippen molar-refractivity contribution in [2.45, 2.75) is 17.4 Å². The van der Waals surface area contributed by atoms with Gasteiger partial charge in [0.25, 0.3) is 0 Å². The van der Waals surface area contributed by atoms with Crippen LogP contribution in [0.5, 0.6) is 0 Å². The summed E-state index contributed by atoms with van der Waals surface area (Å²) >= 11 is 0. The van der Waals surface area contributed by atoms with E-state index in [2.05, 4.69) is 11.3 Å². The smallest absolute Gasteiger partial charge is 0.307 e. The lowest BCUT2D eigenvalue weighted by Gasteiger charge is -2.20. The van der Waals surface area contributed by atoms with Crippen molar-refractivity contribution in [3.05, 3.63) is 41.8 Å². The van der Waals surface area contributed by atoms with Crippen molar-refractivity contribution >= 4 is 26.0 Å². The molecule has 1 saturated carbocycles. The molecule has 3 rings (SSSR count). The normalized spacial score (nSPS) is 26.2. The van der Waals surface area contributed by atoms with E-state index in [4.69, 9.17) is 5.11 Å². The molecular weight excluding hydrogens is 368 g/mol. The molecule has 0 radical (unpaired) electrons. The summed E-state index contributed by atoms with van der Waals surface area (Å²) in [5.41, 5.74) is 0.523. The zero-order valence-electron chi connectivity index (χ0n) is 13.2. The molecular formula is C15H18N2O6S2. The van der Waals surface area contributed by atoms with Crippen LogP contribution in [0.1, 0.15) is 5.56 Å². The second kappa shape index (κ2) is 6.20. The van der Waals surface area contributed by atoms with Crippen LogP contribution in [-0.4, -0.2) is 51.3 Å². The molecule has 2 fully saturated rings. The lowest BCUT2D eigenvalue weighted by atomic mass is 10.2. The Balaban J connectivity index is 1.66. The number of nitrogens with one attached hydrogen (secondary N) is 1. The predicted molar refractivity (Wildman–Crippen MR) is 89.6 cm³/mol. The van der Waals surface area contributed by atoms with Gasteiger partial charge in [0, 0.05) is 24.5 Å². The van der Waals surface area contributed by atoms with E-state index >= 15 is 0 Å². The van der Waals surface area contributed by atoms with E-state index in [9.17, 15) is 21.6 Å². The predicted octanol–water partition coefficient (Wildman–Crippen LogP) is -0.00450. The SMILES string of the molecule is C=CS(=O)(=O)NC1[C@H]2CN(S(=O)(=O)c3ccc(CC(=O)O)cc3)C[C@@H]12. The van der Waals surface area contributed by atoms with Gasteiger partial charge < -0.3 is 5.11 Å². The maximum absolute atomic E-state index is 12.6. The number of carboxylic acid groups (broad SMARTS) is 1. The Hall–Kier alpha value is -1.75. The third kappa shape index (κ3) is 3.61. The number of aliphatic carboxylic acids is 1. The first kappa shape index (κ1) is 18.1. The molecule has 1 heterocycles. The van der Waals surface area contributed by atoms with Crippen LogP contribution in [0.25, 0.3) is 0 Å². The number of rotatable bonds is 7. The lowest BCUT2D eigenvalue weighted by molar-refractivity contribution is -0.136. The Morgan fingerprint density at radius 2 is 1.76 bits per heavy atom. The molecule has 2 N–H and O–H groups in total. The number of sulfonamides is 2. The first-order valence-corrected chi connectivity index (χ1v) is 10.6. The van der Waals surface area contributed by atoms with E-state index in [1.54, 1.807) is 0 Å². The van der Waals surface area contributed by atoms with Gasteiger partial charge in [0.2, 0.25) is 20.0 Å². The third-order valence-corrected chi connectivity index (χ3v) is 7.48. The molecule has 10 heteroatoms. The summed E-state index contributed by atoms with van der Waals surface area (Å²) in [7, 11) is -7.19. The summed E-state index contributed by atoms with van der Waals surface area (Å²) in [6.07, 6.45) is -0.167. The van der Waals surface area contributed by atoms with Gasteiger partial charge in [0.15, 0.2) is 0 Å². The second-order valence-corrected chi connectivity index (χ2v) is 9.82. The molecule has 0 aromatic heterocycles. The van der Waals surface area contributed by atoms with E-state index in [1.165, 1.54) is 28.6 Å². The largest absolute Gasteiger partial charge is 0.481 e. The molecule has 0 bridgehead atoms. The Kier molecular flexibility index (Phi) is 4.48. The summed E-state index contributed by atoms with van der Waals surface area (Å²) in [6.45, 7) is 3.75. The van der Waals surface area contributed by atoms with E-state index in [1.807, 2.05) is 0 Å². The number of carboxylic acids is 1. The monoisotopic (exact) mass is 386 g/mol. The molecule has 3 atom stereocenters. The van der Waals surface area contributed by atoms with Gasteiger partial charge in [-0.05, 0) is 29.5 Å². The molecule has 8 nitrogen and oxygen atoms in total. The van der Waals surface area contributed by atoms with E-state index < -0.39 is 26.0 Å². The van der Waals surface area contributed by atoms with Gasteiger partial charge in [-0.1, -0.05) is 18.7 Å². The highest BCUT2D eigenvalue weighted by Crippen LogP contribution is 2.47. The molecule has 136 valence electrons. The van der Waals surface area contributed by atoms with Crippen molar-refractivity contribution in [3.63, 3.8) is 0 Å². The summed E-state index contributed by atoms with van der Waals surface area (Å²) < 4.78 is 52.1. The highest BCUT2D eigenvalue weighted by molar-refractivity contribution is 7.92. The molecule has 25 heavy (non-hydrogen) atoms. The number of carbonyl (C=O) groups is 1. The van der Waals surface area contributed by atoms with Crippen molar-refractivity contribution < 1.29 is 26.7 Å². The van der Waals surface area contributed by atoms with Crippen LogP contribution < -0.4 is 4.72 Å². The van der Waals surface area contributed by atoms with E-state index in [0.717, 1.165) is 5.41 Å². The van der Waals surface area contributed by atoms with Gasteiger partial charge in [-0.15, -0.1) is 0 Å². The molecule has 1 aromatic rings. The standard InChI is InChI=1S/C15H18N2O6S2/c1-2-24(20,21)16-15-12-8-17(9-13(12)15)25(22,23)11-5-3-10(4-6-11)7-14(18)19/h2-6,12-13,15-16H,1,7-9H2,(H,18,19)/t12-,13+,15?. The first-order valence-electron chi connectivity index (χ1n) is 7.60. The highest BCUT2D eigenvalue weighted by Gasteiger charge is 2.59. The van der Waals surface area contributed by atoms with Crippen molar-refractivity contribution in [2.75, 3.05) is 13.1 Å². The number of nitrogens with zero attached hydrogens (tertiary/aromatic N) is 1. The van der Waals surface area contributed by atoms with E-state index in [0.29, 0.717) is 5.56 Å². The fraction of sp³-hybridized carbons (Fsp3) is 0.400. The third-order valence-electron chi connectivity index (χ3n) is 4.60. The average Bonchev–Trinajstić information content (AvgIpc) is 2.96. The molecule has 2 aliphatic rings. The van der Waals surface area contributed by atoms with Gasteiger partial charge in [-0.25, -0.2) is 21.6 Å². The highest BCUT2D eigenvalue weighted by atomic mass is 32.2. The van der Waals surface area contributed by atoms with Crippen LogP contribution in [0.2, 0.25) is 0 Å². The number of piperidine rings is 1. The minimum Gasteiger partial charge on any atom is -0.481 e. The Morgan fingerprint density at radius 3 is 2.24 bits per heavy atom. The van der Waals surface area contributed by atoms with Crippen LogP contribution in [0, 0.1) is 11.8 Å². The van der Waals surface area contributed by atoms with E-state index in [-0.39, 0.29) is 42.3 Å². The quantitative estimate of drug-likeness (QED) is 0.680. The Morgan fingerprint density at radius 1 is 1.20 bits per heavy atom. The molecule has 1 unspecified atom stereocenters. The van der Waals surface area contributed by atoms with Gasteiger partial charge in [-0.2, -0.15) is 4.31 Å². The van der Waals surface area contributed by atoms with Crippen LogP contribution in [-0.2, 0) is 31.3 Å². The first-order chi connectivity index (χ1) is 11.6. The Bertz CT molecular complexity index is 896. The van der Waals surface area contributed by atoms with Gasteiger partial charge in [-0.3, -0.25) is 4.79 Å². The lowest BCUT2D eigenvalue weighted by Crippen LogP contribution is -2.36. The maximum Gasteiger partial charge on any atom is 0.307 e. The fourth-order valence-electron chi connectivity index (χ4n) is 3.20. The number of fused-ring (bicyclic) bond motifs is 1. The average molecular weight is 386 g/mol. The van der Waals surface area contributed by atoms with Gasteiger partial charge >= 0.3 is 5.97 Å². The summed E-state index contributed by atoms with van der Waals surface area (Å²) in [6, 6.07) is 5.52. The van der Waals surface area contributed by atoms with Crippen LogP contribution in [0.3, 0.4) is 0 Å². The van der Waals surface area contributed by atoms with Crippen LogP contribution in [0.4, 0.5) is 0 Å². The van der Waals surface area contributed by atoms with Gasteiger partial charge in [0.1, 0.15) is 0 Å². The molecule has 0 amide bonds. The summed E-state index contributed by atoms with van der Waals surface area (Å²) in [4.78, 5) is 10.8. The minimum atomic E-state index is -3.67. The fourth-order valence-corrected chi connectivity index (χ4v) is 5.54. The minimum absolute atomic E-state index is 0.0317. The number of benzene rings is 1. The summed E-state index contributed by atoms with van der Waals surface area (Å²) in [5.74, 6) is -1.05. The van der Waals surface area contributed by atoms with Gasteiger partial charge in [0.05, 0.1) is 11.3 Å². The molecule has 1 aromatic carbocycles. The summed E-state index contributed by atoms with van der Waals surface area (Å²) in [5, 5.41) is 9.59. The topological polar surface area (TPSA) is 121 Å². The zero-order chi connectivity index (χ0) is 18.4. The van der Waals surface area contributed by atoms with Crippen molar-refractivity contribution in [3.8, 4) is 0 Å². The molecule has 1 saturated heterocycles. The van der Waals surface area contributed by atoms with Crippen molar-refractivity contribution in [2.24, 2.45) is 11.8 Å². The zero-order valence-corrected chi connectivity index (χ0v) is 14.8.